The van der Waals surface area contributed by atoms with Crippen LogP contribution in [0.25, 0.3) is 0 Å². The quantitative estimate of drug-likeness (QED) is 0.737. The van der Waals surface area contributed by atoms with Gasteiger partial charge in [0.25, 0.3) is 5.91 Å². The molecule has 0 aliphatic carbocycles. The molecule has 3 aliphatic heterocycles. The molecule has 0 unspecified atom stereocenters. The first-order valence-electron chi connectivity index (χ1n) is 10.9. The maximum Gasteiger partial charge on any atom is 0.417 e. The van der Waals surface area contributed by atoms with Gasteiger partial charge in [-0.1, -0.05) is 0 Å². The fourth-order valence-corrected chi connectivity index (χ4v) is 5.20. The topological polar surface area (TPSA) is 86.0 Å². The van der Waals surface area contributed by atoms with Gasteiger partial charge < -0.3 is 24.4 Å². The number of carbonyl (C=O) groups excluding carboxylic acids is 1. The SMILES string of the molecule is N#Cc1ccc(N2CC[C@@]3(CO)CN(C(=O)c4ccc5c(c4)OCO5)C[C@H]3C2)cc1C(F)(F)F. The van der Waals surface area contributed by atoms with Gasteiger partial charge in [0.15, 0.2) is 11.5 Å². The van der Waals surface area contributed by atoms with Gasteiger partial charge in [-0.25, -0.2) is 0 Å². The smallest absolute Gasteiger partial charge is 0.417 e. The normalized spacial score (nSPS) is 23.6. The van der Waals surface area contributed by atoms with Gasteiger partial charge in [0.05, 0.1) is 23.8 Å². The highest BCUT2D eigenvalue weighted by atomic mass is 19.4. The van der Waals surface area contributed by atoms with Gasteiger partial charge in [-0.15, -0.1) is 0 Å². The molecule has 34 heavy (non-hydrogen) atoms. The van der Waals surface area contributed by atoms with Crippen molar-refractivity contribution in [3.63, 3.8) is 0 Å². The van der Waals surface area contributed by atoms with Crippen molar-refractivity contribution >= 4 is 11.6 Å². The Bertz CT molecular complexity index is 1180. The van der Waals surface area contributed by atoms with Crippen LogP contribution in [0.3, 0.4) is 0 Å². The first-order chi connectivity index (χ1) is 16.2. The lowest BCUT2D eigenvalue weighted by atomic mass is 9.73. The van der Waals surface area contributed by atoms with Gasteiger partial charge in [0.2, 0.25) is 6.79 Å². The van der Waals surface area contributed by atoms with Crippen LogP contribution in [-0.4, -0.2) is 55.5 Å². The van der Waals surface area contributed by atoms with Crippen LogP contribution >= 0.6 is 0 Å². The number of nitrogens with zero attached hydrogens (tertiary/aromatic N) is 3. The number of benzene rings is 2. The number of fused-ring (bicyclic) bond motifs is 2. The van der Waals surface area contributed by atoms with E-state index in [0.717, 1.165) is 6.07 Å². The van der Waals surface area contributed by atoms with E-state index < -0.39 is 22.7 Å². The fourth-order valence-electron chi connectivity index (χ4n) is 5.20. The van der Waals surface area contributed by atoms with Gasteiger partial charge in [-0.05, 0) is 42.8 Å². The lowest BCUT2D eigenvalue weighted by Gasteiger charge is -2.43. The molecule has 178 valence electrons. The predicted octanol–water partition coefficient (Wildman–Crippen LogP) is 3.27. The number of anilines is 1. The third-order valence-corrected chi connectivity index (χ3v) is 7.15. The fraction of sp³-hybridized carbons (Fsp3) is 0.417. The summed E-state index contributed by atoms with van der Waals surface area (Å²) in [6.45, 7) is 1.58. The zero-order valence-electron chi connectivity index (χ0n) is 18.1. The molecule has 1 N–H and O–H groups in total. The van der Waals surface area contributed by atoms with Crippen molar-refractivity contribution in [2.75, 3.05) is 44.5 Å². The number of aliphatic hydroxyl groups is 1. The molecule has 0 bridgehead atoms. The van der Waals surface area contributed by atoms with Gasteiger partial charge in [-0.3, -0.25) is 4.79 Å². The molecule has 2 aromatic carbocycles. The third kappa shape index (κ3) is 3.70. The minimum atomic E-state index is -4.63. The van der Waals surface area contributed by atoms with E-state index in [-0.39, 0.29) is 25.2 Å². The summed E-state index contributed by atoms with van der Waals surface area (Å²) in [7, 11) is 0. The van der Waals surface area contributed by atoms with Crippen molar-refractivity contribution in [2.24, 2.45) is 11.3 Å². The number of nitriles is 1. The Morgan fingerprint density at radius 3 is 2.71 bits per heavy atom. The first kappa shape index (κ1) is 22.3. The van der Waals surface area contributed by atoms with E-state index in [9.17, 15) is 23.1 Å². The monoisotopic (exact) mass is 473 g/mol. The minimum Gasteiger partial charge on any atom is -0.454 e. The van der Waals surface area contributed by atoms with E-state index in [4.69, 9.17) is 14.7 Å². The maximum absolute atomic E-state index is 13.4. The summed E-state index contributed by atoms with van der Waals surface area (Å²) in [5.74, 6) is 0.778. The molecule has 2 aromatic rings. The van der Waals surface area contributed by atoms with E-state index in [1.54, 1.807) is 29.2 Å². The third-order valence-electron chi connectivity index (χ3n) is 7.15. The summed E-state index contributed by atoms with van der Waals surface area (Å²) in [5, 5.41) is 19.3. The number of amides is 1. The molecular formula is C24H22F3N3O4. The Morgan fingerprint density at radius 2 is 1.97 bits per heavy atom. The summed E-state index contributed by atoms with van der Waals surface area (Å²) < 4.78 is 51.0. The summed E-state index contributed by atoms with van der Waals surface area (Å²) in [6.07, 6.45) is -4.10. The standard InChI is InChI=1S/C24H22F3N3O4/c25-24(26,27)19-8-18(3-1-16(19)9-28)29-6-5-23(13-31)12-30(11-17(23)10-29)22(32)15-2-4-20-21(7-15)34-14-33-20/h1-4,7-8,17,31H,5-6,10-14H2/t17-,23+/m1/s1. The van der Waals surface area contributed by atoms with Crippen LogP contribution < -0.4 is 14.4 Å². The molecule has 3 heterocycles. The highest BCUT2D eigenvalue weighted by Gasteiger charge is 2.50. The zero-order chi connectivity index (χ0) is 24.1. The van der Waals surface area contributed by atoms with Gasteiger partial charge in [-0.2, -0.15) is 18.4 Å². The molecule has 1 amide bonds. The van der Waals surface area contributed by atoms with E-state index in [1.165, 1.54) is 12.1 Å². The summed E-state index contributed by atoms with van der Waals surface area (Å²) >= 11 is 0. The molecule has 5 rings (SSSR count). The van der Waals surface area contributed by atoms with Gasteiger partial charge in [0, 0.05) is 48.8 Å². The highest BCUT2D eigenvalue weighted by molar-refractivity contribution is 5.95. The molecule has 0 aromatic heterocycles. The van der Waals surface area contributed by atoms with E-state index in [2.05, 4.69) is 0 Å². The van der Waals surface area contributed by atoms with Crippen molar-refractivity contribution in [3.05, 3.63) is 53.1 Å². The number of hydrogen-bond donors (Lipinski definition) is 1. The van der Waals surface area contributed by atoms with Crippen LogP contribution in [0.2, 0.25) is 0 Å². The molecular weight excluding hydrogens is 451 g/mol. The Morgan fingerprint density at radius 1 is 1.18 bits per heavy atom. The van der Waals surface area contributed by atoms with Crippen molar-refractivity contribution in [2.45, 2.75) is 12.6 Å². The number of halogens is 3. The average Bonchev–Trinajstić information content (AvgIpc) is 3.46. The zero-order valence-corrected chi connectivity index (χ0v) is 18.1. The number of aliphatic hydroxyl groups excluding tert-OH is 1. The highest BCUT2D eigenvalue weighted by Crippen LogP contribution is 2.45. The van der Waals surface area contributed by atoms with Crippen molar-refractivity contribution in [1.29, 1.82) is 5.26 Å². The van der Waals surface area contributed by atoms with Crippen LogP contribution in [0.15, 0.2) is 36.4 Å². The van der Waals surface area contributed by atoms with Gasteiger partial charge in [0.1, 0.15) is 0 Å². The Balaban J connectivity index is 1.36. The average molecular weight is 473 g/mol. The summed E-state index contributed by atoms with van der Waals surface area (Å²) in [5.41, 5.74) is -1.06. The molecule has 0 saturated carbocycles. The second kappa shape index (κ2) is 8.09. The van der Waals surface area contributed by atoms with Crippen molar-refractivity contribution in [3.8, 4) is 17.6 Å². The van der Waals surface area contributed by atoms with Crippen LogP contribution in [0.1, 0.15) is 27.9 Å². The largest absolute Gasteiger partial charge is 0.454 e. The number of likely N-dealkylation sites (tertiary alicyclic amines) is 1. The molecule has 2 fully saturated rings. The van der Waals surface area contributed by atoms with Crippen LogP contribution in [0, 0.1) is 22.7 Å². The maximum atomic E-state index is 13.4. The molecule has 10 heteroatoms. The number of hydrogen-bond acceptors (Lipinski definition) is 6. The lowest BCUT2D eigenvalue weighted by Crippen LogP contribution is -2.49. The number of carbonyl (C=O) groups is 1. The Labute approximate surface area is 193 Å². The molecule has 2 atom stereocenters. The summed E-state index contributed by atoms with van der Waals surface area (Å²) in [4.78, 5) is 16.7. The van der Waals surface area contributed by atoms with Crippen molar-refractivity contribution in [1.82, 2.24) is 4.90 Å². The van der Waals surface area contributed by atoms with Crippen LogP contribution in [0.4, 0.5) is 18.9 Å². The second-order valence-electron chi connectivity index (χ2n) is 9.01. The molecule has 3 aliphatic rings. The van der Waals surface area contributed by atoms with E-state index in [0.29, 0.717) is 55.3 Å². The molecule has 0 spiro atoms. The van der Waals surface area contributed by atoms with Crippen LogP contribution in [-0.2, 0) is 6.18 Å². The number of rotatable bonds is 3. The molecule has 7 nitrogen and oxygen atoms in total. The van der Waals surface area contributed by atoms with E-state index in [1.807, 2.05) is 4.90 Å². The summed E-state index contributed by atoms with van der Waals surface area (Å²) in [6, 6.07) is 10.3. The Hall–Kier alpha value is -3.45. The predicted molar refractivity (Wildman–Crippen MR) is 114 cm³/mol. The first-order valence-corrected chi connectivity index (χ1v) is 10.9. The lowest BCUT2D eigenvalue weighted by molar-refractivity contribution is -0.137. The molecule has 2 saturated heterocycles. The van der Waals surface area contributed by atoms with Crippen molar-refractivity contribution < 1.29 is 32.5 Å². The minimum absolute atomic E-state index is 0.105. The second-order valence-corrected chi connectivity index (χ2v) is 9.01. The number of piperidine rings is 1. The van der Waals surface area contributed by atoms with Crippen LogP contribution in [0.5, 0.6) is 11.5 Å². The molecule has 0 radical (unpaired) electrons. The number of alkyl halides is 3. The van der Waals surface area contributed by atoms with E-state index >= 15 is 0 Å². The van der Waals surface area contributed by atoms with Gasteiger partial charge >= 0.3 is 6.18 Å². The number of ether oxygens (including phenoxy) is 2. The Kier molecular flexibility index (Phi) is 5.32.